The van der Waals surface area contributed by atoms with Crippen LogP contribution in [0.5, 0.6) is 5.75 Å². The number of hydrogen-bond acceptors (Lipinski definition) is 2. The summed E-state index contributed by atoms with van der Waals surface area (Å²) in [5.74, 6) is -1.31. The van der Waals surface area contributed by atoms with Gasteiger partial charge in [0.25, 0.3) is 0 Å². The van der Waals surface area contributed by atoms with E-state index < -0.39 is 5.97 Å². The summed E-state index contributed by atoms with van der Waals surface area (Å²) in [6.07, 6.45) is 0. The Kier molecular flexibility index (Phi) is 11.7. The first-order valence-electron chi connectivity index (χ1n) is 2.73. The van der Waals surface area contributed by atoms with Gasteiger partial charge in [-0.05, 0) is 12.1 Å². The van der Waals surface area contributed by atoms with Crippen molar-refractivity contribution < 1.29 is 26.0 Å². The zero-order chi connectivity index (χ0) is 7.56. The minimum absolute atomic E-state index is 0. The van der Waals surface area contributed by atoms with E-state index in [1.165, 1.54) is 12.1 Å². The van der Waals surface area contributed by atoms with Crippen molar-refractivity contribution in [3.05, 3.63) is 29.8 Å². The molecule has 0 radical (unpaired) electrons. The molecule has 6 N–H and O–H groups in total. The van der Waals surface area contributed by atoms with Crippen molar-refractivity contribution in [2.45, 2.75) is 0 Å². The fourth-order valence-corrected chi connectivity index (χ4v) is 0.654. The molecule has 72 valence electrons. The zero-order valence-electron chi connectivity index (χ0n) is 6.11. The number of hydrogen-bond donors (Lipinski definition) is 2. The molecule has 0 fully saturated rings. The van der Waals surface area contributed by atoms with Gasteiger partial charge in [-0.2, -0.15) is 0 Å². The van der Waals surface area contributed by atoms with E-state index in [0.717, 1.165) is 0 Å². The van der Waals surface area contributed by atoms with Crippen LogP contribution in [0.25, 0.3) is 0 Å². The summed E-state index contributed by atoms with van der Waals surface area (Å²) in [7, 11) is 0. The van der Waals surface area contributed by atoms with Crippen LogP contribution in [0.2, 0.25) is 0 Å². The van der Waals surface area contributed by atoms with Gasteiger partial charge in [0.05, 0.1) is 0 Å². The second kappa shape index (κ2) is 8.28. The monoisotopic (exact) mass is 216 g/mol. The average molecular weight is 216 g/mol. The number of benzene rings is 1. The number of carboxylic acid groups (broad SMARTS) is 1. The molecular weight excluding hydrogens is 204 g/mol. The quantitative estimate of drug-likeness (QED) is 0.557. The van der Waals surface area contributed by atoms with Crippen molar-refractivity contribution in [1.29, 1.82) is 0 Å². The van der Waals surface area contributed by atoms with Crippen molar-refractivity contribution in [1.82, 2.24) is 0 Å². The Balaban J connectivity index is -0.000000333. The summed E-state index contributed by atoms with van der Waals surface area (Å²) in [6.45, 7) is 0. The predicted octanol–water partition coefficient (Wildman–Crippen LogP) is -1.48. The van der Waals surface area contributed by atoms with Gasteiger partial charge >= 0.3 is 43.7 Å². The Hall–Kier alpha value is -0.330. The first kappa shape index (κ1) is 18.5. The summed E-state index contributed by atoms with van der Waals surface area (Å²) in [5.41, 5.74) is -0.0671. The number of aromatic hydroxyl groups is 1. The van der Waals surface area contributed by atoms with E-state index in [9.17, 15) is 4.79 Å². The Labute approximate surface area is 105 Å². The van der Waals surface area contributed by atoms with Gasteiger partial charge in [0.1, 0.15) is 11.3 Å². The van der Waals surface area contributed by atoms with Crippen LogP contribution in [0.1, 0.15) is 10.4 Å². The van der Waals surface area contributed by atoms with Gasteiger partial charge in [0.15, 0.2) is 0 Å². The van der Waals surface area contributed by atoms with Crippen LogP contribution in [0.15, 0.2) is 24.3 Å². The van der Waals surface area contributed by atoms with Crippen LogP contribution >= 0.6 is 0 Å². The molecule has 0 heterocycles. The SMILES string of the molecule is O.O.O=C(O)c1ccccc1O.[CaH2]. The molecule has 0 saturated heterocycles. The van der Waals surface area contributed by atoms with Crippen LogP contribution in [0.4, 0.5) is 0 Å². The molecule has 0 aliphatic rings. The van der Waals surface area contributed by atoms with Crippen molar-refractivity contribution in [2.75, 3.05) is 0 Å². The molecule has 0 aliphatic carbocycles. The van der Waals surface area contributed by atoms with Crippen molar-refractivity contribution in [3.63, 3.8) is 0 Å². The molecule has 1 rings (SSSR count). The van der Waals surface area contributed by atoms with Gasteiger partial charge in [-0.1, -0.05) is 12.1 Å². The molecule has 0 atom stereocenters. The van der Waals surface area contributed by atoms with E-state index in [1.807, 2.05) is 0 Å². The number of carboxylic acids is 1. The third kappa shape index (κ3) is 5.07. The summed E-state index contributed by atoms with van der Waals surface area (Å²) in [5, 5.41) is 17.3. The normalized spacial score (nSPS) is 7.08. The topological polar surface area (TPSA) is 121 Å². The maximum absolute atomic E-state index is 10.3. The molecular formula is C7H12CaO5. The van der Waals surface area contributed by atoms with E-state index in [0.29, 0.717) is 0 Å². The zero-order valence-corrected chi connectivity index (χ0v) is 6.11. The maximum atomic E-state index is 10.3. The molecule has 0 aromatic heterocycles. The summed E-state index contributed by atoms with van der Waals surface area (Å²) < 4.78 is 0. The van der Waals surface area contributed by atoms with Gasteiger partial charge in [-0.25, -0.2) is 4.79 Å². The molecule has 0 bridgehead atoms. The molecule has 0 unspecified atom stereocenters. The fourth-order valence-electron chi connectivity index (χ4n) is 0.654. The predicted molar refractivity (Wildman–Crippen MR) is 50.8 cm³/mol. The van der Waals surface area contributed by atoms with Gasteiger partial charge in [0.2, 0.25) is 0 Å². The third-order valence-electron chi connectivity index (χ3n) is 1.13. The van der Waals surface area contributed by atoms with Crippen molar-refractivity contribution in [2.24, 2.45) is 0 Å². The summed E-state index contributed by atoms with van der Waals surface area (Å²) in [6, 6.07) is 5.81. The van der Waals surface area contributed by atoms with Crippen LogP contribution < -0.4 is 0 Å². The minimum atomic E-state index is -1.11. The summed E-state index contributed by atoms with van der Waals surface area (Å²) >= 11 is 0. The van der Waals surface area contributed by atoms with E-state index in [-0.39, 0.29) is 60.0 Å². The van der Waals surface area contributed by atoms with E-state index >= 15 is 0 Å². The Morgan fingerprint density at radius 1 is 1.15 bits per heavy atom. The van der Waals surface area contributed by atoms with Gasteiger partial charge < -0.3 is 21.2 Å². The van der Waals surface area contributed by atoms with Crippen molar-refractivity contribution >= 4 is 43.7 Å². The van der Waals surface area contributed by atoms with Crippen LogP contribution in [-0.4, -0.2) is 64.9 Å². The second-order valence-corrected chi connectivity index (χ2v) is 1.82. The van der Waals surface area contributed by atoms with Crippen LogP contribution in [0, 0.1) is 0 Å². The molecule has 5 nitrogen and oxygen atoms in total. The number of phenols is 1. The van der Waals surface area contributed by atoms with Gasteiger partial charge in [-0.3, -0.25) is 0 Å². The first-order chi connectivity index (χ1) is 4.72. The van der Waals surface area contributed by atoms with Crippen LogP contribution in [0.3, 0.4) is 0 Å². The van der Waals surface area contributed by atoms with Gasteiger partial charge in [-0.15, -0.1) is 0 Å². The number of aromatic carboxylic acids is 1. The molecule has 13 heavy (non-hydrogen) atoms. The number of rotatable bonds is 1. The molecule has 1 aromatic carbocycles. The number of para-hydroxylation sites is 1. The molecule has 0 spiro atoms. The van der Waals surface area contributed by atoms with E-state index in [4.69, 9.17) is 10.2 Å². The molecule has 6 heteroatoms. The molecule has 1 aromatic rings. The standard InChI is InChI=1S/C7H6O3.Ca.2H2O.2H/c8-6-4-2-1-3-5(6)7(9)10;;;;;/h1-4,8H,(H,9,10);;2*1H2;;. The van der Waals surface area contributed by atoms with E-state index in [2.05, 4.69) is 0 Å². The summed E-state index contributed by atoms with van der Waals surface area (Å²) in [4.78, 5) is 10.3. The van der Waals surface area contributed by atoms with Gasteiger partial charge in [0, 0.05) is 0 Å². The Morgan fingerprint density at radius 2 is 1.62 bits per heavy atom. The third-order valence-corrected chi connectivity index (χ3v) is 1.13. The number of carbonyl (C=O) groups is 1. The van der Waals surface area contributed by atoms with Crippen LogP contribution in [-0.2, 0) is 0 Å². The Bertz CT molecular complexity index is 263. The Morgan fingerprint density at radius 3 is 1.92 bits per heavy atom. The molecule has 0 amide bonds. The molecule has 0 saturated carbocycles. The van der Waals surface area contributed by atoms with E-state index in [1.54, 1.807) is 12.1 Å². The fraction of sp³-hybridized carbons (Fsp3) is 0. The second-order valence-electron chi connectivity index (χ2n) is 1.82. The molecule has 0 aliphatic heterocycles. The first-order valence-corrected chi connectivity index (χ1v) is 2.73. The average Bonchev–Trinajstić information content (AvgIpc) is 1.88. The van der Waals surface area contributed by atoms with Crippen molar-refractivity contribution in [3.8, 4) is 5.75 Å².